The van der Waals surface area contributed by atoms with Crippen LogP contribution in [0.5, 0.6) is 0 Å². The van der Waals surface area contributed by atoms with Gasteiger partial charge in [0.2, 0.25) is 5.91 Å². The van der Waals surface area contributed by atoms with Gasteiger partial charge in [0.1, 0.15) is 5.76 Å². The van der Waals surface area contributed by atoms with E-state index in [0.717, 1.165) is 12.8 Å². The number of fused-ring (bicyclic) bond motifs is 1. The van der Waals surface area contributed by atoms with Crippen LogP contribution in [-0.2, 0) is 17.6 Å². The zero-order chi connectivity index (χ0) is 14.0. The molecule has 0 radical (unpaired) electrons. The highest BCUT2D eigenvalue weighted by Crippen LogP contribution is 2.26. The minimum absolute atomic E-state index is 0.0669. The van der Waals surface area contributed by atoms with Crippen LogP contribution in [0, 0.1) is 6.57 Å². The van der Waals surface area contributed by atoms with Crippen LogP contribution >= 0.6 is 0 Å². The van der Waals surface area contributed by atoms with Gasteiger partial charge in [0, 0.05) is 0 Å². The van der Waals surface area contributed by atoms with Gasteiger partial charge in [-0.15, -0.1) is 0 Å². The molecule has 6 nitrogen and oxygen atoms in total. The highest BCUT2D eigenvalue weighted by atomic mass is 16.4. The van der Waals surface area contributed by atoms with Crippen LogP contribution in [0.1, 0.15) is 41.4 Å². The predicted molar refractivity (Wildman–Crippen MR) is 66.0 cm³/mol. The van der Waals surface area contributed by atoms with Gasteiger partial charge in [-0.05, 0) is 12.0 Å². The topological polar surface area (TPSA) is 80.7 Å². The summed E-state index contributed by atoms with van der Waals surface area (Å²) in [5.74, 6) is -1.03. The van der Waals surface area contributed by atoms with Gasteiger partial charge in [-0.3, -0.25) is 19.7 Å². The molecule has 1 aromatic heterocycles. The number of nitrogens with zero attached hydrogens (tertiary/aromatic N) is 1. The van der Waals surface area contributed by atoms with Gasteiger partial charge in [-0.2, -0.15) is 0 Å². The number of imide groups is 1. The molecule has 0 saturated heterocycles. The second kappa shape index (κ2) is 5.06. The molecule has 0 fully saturated rings. The normalized spacial score (nSPS) is 13.7. The highest BCUT2D eigenvalue weighted by Gasteiger charge is 2.30. The van der Waals surface area contributed by atoms with E-state index in [1.54, 1.807) is 0 Å². The van der Waals surface area contributed by atoms with Crippen molar-refractivity contribution in [3.8, 4) is 0 Å². The molecule has 1 aromatic rings. The Balaban J connectivity index is 2.68. The maximum Gasteiger partial charge on any atom is 0.341 e. The lowest BCUT2D eigenvalue weighted by Crippen LogP contribution is -2.38. The van der Waals surface area contributed by atoms with Crippen molar-refractivity contribution in [2.45, 2.75) is 32.6 Å². The van der Waals surface area contributed by atoms with Gasteiger partial charge < -0.3 is 4.42 Å². The lowest BCUT2D eigenvalue weighted by molar-refractivity contribution is -0.120. The number of carbonyl (C=O) groups excluding carboxylic acids is 2. The van der Waals surface area contributed by atoms with Gasteiger partial charge in [-0.1, -0.05) is 19.8 Å². The molecule has 0 aromatic carbocycles. The number of carbonyl (C=O) groups is 2. The lowest BCUT2D eigenvalue weighted by atomic mass is 9.96. The smallest absolute Gasteiger partial charge is 0.341 e. The number of nitrogens with one attached hydrogen (secondary N) is 1. The first-order valence-electron chi connectivity index (χ1n) is 5.99. The summed E-state index contributed by atoms with van der Waals surface area (Å²) in [6.45, 7) is 9.02. The van der Waals surface area contributed by atoms with E-state index in [1.165, 1.54) is 0 Å². The van der Waals surface area contributed by atoms with Crippen LogP contribution in [0.25, 0.3) is 4.85 Å². The third-order valence-electron chi connectivity index (χ3n) is 2.97. The quantitative estimate of drug-likeness (QED) is 0.657. The van der Waals surface area contributed by atoms with Crippen molar-refractivity contribution in [1.82, 2.24) is 5.32 Å². The summed E-state index contributed by atoms with van der Waals surface area (Å²) in [6, 6.07) is 0. The van der Waals surface area contributed by atoms with Crippen molar-refractivity contribution in [2.24, 2.45) is 0 Å². The third-order valence-corrected chi connectivity index (χ3v) is 2.97. The molecular formula is C13H12N2O4. The Bertz CT molecular complexity index is 652. The minimum atomic E-state index is -0.776. The van der Waals surface area contributed by atoms with E-state index in [9.17, 15) is 14.4 Å². The molecule has 98 valence electrons. The molecule has 2 amide bonds. The third kappa shape index (κ3) is 2.27. The predicted octanol–water partition coefficient (Wildman–Crippen LogP) is 1.35. The molecule has 1 aliphatic rings. The molecule has 0 saturated carbocycles. The van der Waals surface area contributed by atoms with Crippen LogP contribution in [-0.4, -0.2) is 11.8 Å². The van der Waals surface area contributed by atoms with Crippen molar-refractivity contribution in [2.75, 3.05) is 0 Å². The summed E-state index contributed by atoms with van der Waals surface area (Å²) in [5.41, 5.74) is -0.356. The zero-order valence-corrected chi connectivity index (χ0v) is 10.4. The average Bonchev–Trinajstić information content (AvgIpc) is 2.34. The molecule has 6 heteroatoms. The molecule has 19 heavy (non-hydrogen) atoms. The fraction of sp³-hybridized carbons (Fsp3) is 0.385. The van der Waals surface area contributed by atoms with Gasteiger partial charge in [0.15, 0.2) is 0 Å². The van der Waals surface area contributed by atoms with Crippen LogP contribution in [0.4, 0.5) is 5.69 Å². The first-order valence-corrected chi connectivity index (χ1v) is 5.99. The van der Waals surface area contributed by atoms with E-state index in [0.29, 0.717) is 12.0 Å². The summed E-state index contributed by atoms with van der Waals surface area (Å²) < 4.78 is 4.93. The van der Waals surface area contributed by atoms with Gasteiger partial charge in [0.05, 0.1) is 18.6 Å². The second-order valence-electron chi connectivity index (χ2n) is 4.28. The molecule has 2 heterocycles. The number of rotatable bonds is 3. The van der Waals surface area contributed by atoms with E-state index >= 15 is 0 Å². The van der Waals surface area contributed by atoms with Crippen LogP contribution in [0.3, 0.4) is 0 Å². The van der Waals surface area contributed by atoms with E-state index in [4.69, 9.17) is 11.0 Å². The molecule has 2 rings (SSSR count). The number of amides is 2. The number of hydrogen-bond donors (Lipinski definition) is 1. The molecular weight excluding hydrogens is 248 g/mol. The fourth-order valence-corrected chi connectivity index (χ4v) is 2.10. The maximum atomic E-state index is 11.9. The summed E-state index contributed by atoms with van der Waals surface area (Å²) in [4.78, 5) is 38.0. The summed E-state index contributed by atoms with van der Waals surface area (Å²) in [7, 11) is 0. The Kier molecular flexibility index (Phi) is 3.47. The Labute approximate surface area is 109 Å². The number of unbranched alkanes of at least 4 members (excludes halogenated alkanes) is 1. The molecule has 1 N–H and O–H groups in total. The SMILES string of the molecule is [C-]#[N+]c1c(CCCC)c2c(oc1=O)CC(=O)NC2=O. The summed E-state index contributed by atoms with van der Waals surface area (Å²) >= 11 is 0. The molecule has 0 atom stereocenters. The van der Waals surface area contributed by atoms with Crippen molar-refractivity contribution in [3.05, 3.63) is 38.7 Å². The van der Waals surface area contributed by atoms with Crippen LogP contribution in [0.2, 0.25) is 0 Å². The molecule has 0 aliphatic carbocycles. The molecule has 0 spiro atoms. The molecule has 1 aliphatic heterocycles. The lowest BCUT2D eigenvalue weighted by Gasteiger charge is -2.17. The van der Waals surface area contributed by atoms with Gasteiger partial charge in [0.25, 0.3) is 11.6 Å². The Morgan fingerprint density at radius 2 is 2.11 bits per heavy atom. The largest absolute Gasteiger partial charge is 0.435 e. The van der Waals surface area contributed by atoms with Crippen molar-refractivity contribution in [3.63, 3.8) is 0 Å². The van der Waals surface area contributed by atoms with E-state index in [1.807, 2.05) is 6.92 Å². The monoisotopic (exact) mass is 260 g/mol. The average molecular weight is 260 g/mol. The Morgan fingerprint density at radius 3 is 2.74 bits per heavy atom. The van der Waals surface area contributed by atoms with Crippen LogP contribution < -0.4 is 10.9 Å². The minimum Gasteiger partial charge on any atom is -0.435 e. The molecule has 0 bridgehead atoms. The molecule has 0 unspecified atom stereocenters. The fourth-order valence-electron chi connectivity index (χ4n) is 2.10. The maximum absolute atomic E-state index is 11.9. The van der Waals surface area contributed by atoms with E-state index < -0.39 is 17.4 Å². The summed E-state index contributed by atoms with van der Waals surface area (Å²) in [5, 5.41) is 2.18. The first-order chi connectivity index (χ1) is 9.08. The first kappa shape index (κ1) is 13.0. The van der Waals surface area contributed by atoms with Crippen LogP contribution in [0.15, 0.2) is 9.21 Å². The Morgan fingerprint density at radius 1 is 1.37 bits per heavy atom. The van der Waals surface area contributed by atoms with Crippen molar-refractivity contribution < 1.29 is 14.0 Å². The number of hydrogen-bond acceptors (Lipinski definition) is 4. The van der Waals surface area contributed by atoms with Crippen molar-refractivity contribution in [1.29, 1.82) is 0 Å². The zero-order valence-electron chi connectivity index (χ0n) is 10.4. The van der Waals surface area contributed by atoms with E-state index in [2.05, 4.69) is 10.2 Å². The summed E-state index contributed by atoms with van der Waals surface area (Å²) in [6.07, 6.45) is 1.92. The van der Waals surface area contributed by atoms with Crippen molar-refractivity contribution >= 4 is 17.5 Å². The second-order valence-corrected chi connectivity index (χ2v) is 4.28. The van der Waals surface area contributed by atoms with Gasteiger partial charge in [-0.25, -0.2) is 4.85 Å². The standard InChI is InChI=1S/C13H12N2O4/c1-3-4-5-7-10-8(6-9(16)15-12(10)17)19-13(18)11(7)14-2/h3-6H2,1H3,(H,15,16,17). The highest BCUT2D eigenvalue weighted by molar-refractivity contribution is 6.10. The van der Waals surface area contributed by atoms with Gasteiger partial charge >= 0.3 is 5.63 Å². The Hall–Kier alpha value is -2.42. The van der Waals surface area contributed by atoms with E-state index in [-0.39, 0.29) is 23.4 Å².